The molecule has 6 heteroatoms. The molecule has 0 fully saturated rings. The summed E-state index contributed by atoms with van der Waals surface area (Å²) in [5.41, 5.74) is 0.331. The Kier molecular flexibility index (Phi) is 7.03. The van der Waals surface area contributed by atoms with Crippen LogP contribution in [0.15, 0.2) is 30.3 Å². The maximum Gasteiger partial charge on any atom is 0.407 e. The first-order valence-electron chi connectivity index (χ1n) is 7.54. The Labute approximate surface area is 136 Å². The molecule has 2 atom stereocenters. The number of amides is 1. The lowest BCUT2D eigenvalue weighted by atomic mass is 10.1. The minimum absolute atomic E-state index is 0.241. The van der Waals surface area contributed by atoms with E-state index >= 15 is 0 Å². The summed E-state index contributed by atoms with van der Waals surface area (Å²) < 4.78 is 10.9. The first kappa shape index (κ1) is 19.0. The van der Waals surface area contributed by atoms with E-state index in [1.54, 1.807) is 27.7 Å². The van der Waals surface area contributed by atoms with Crippen LogP contribution in [0.5, 0.6) is 0 Å². The highest BCUT2D eigenvalue weighted by Gasteiger charge is 2.26. The number of rotatable bonds is 7. The molecule has 0 aliphatic heterocycles. The Balaban J connectivity index is 2.61. The lowest BCUT2D eigenvalue weighted by Crippen LogP contribution is -2.46. The molecule has 0 aromatic heterocycles. The van der Waals surface area contributed by atoms with Crippen molar-refractivity contribution in [3.63, 3.8) is 0 Å². The first-order valence-corrected chi connectivity index (χ1v) is 7.54. The Morgan fingerprint density at radius 3 is 2.35 bits per heavy atom. The number of carboxylic acids is 1. The van der Waals surface area contributed by atoms with Crippen molar-refractivity contribution in [3.05, 3.63) is 35.9 Å². The second-order valence-corrected chi connectivity index (χ2v) is 6.35. The third-order valence-corrected chi connectivity index (χ3v) is 3.02. The molecule has 0 unspecified atom stereocenters. The van der Waals surface area contributed by atoms with Gasteiger partial charge in [-0.05, 0) is 33.3 Å². The zero-order valence-electron chi connectivity index (χ0n) is 14.0. The summed E-state index contributed by atoms with van der Waals surface area (Å²) in [7, 11) is 0. The van der Waals surface area contributed by atoms with Gasteiger partial charge in [0.1, 0.15) is 5.60 Å². The van der Waals surface area contributed by atoms with Gasteiger partial charge in [0.15, 0.2) is 0 Å². The van der Waals surface area contributed by atoms with E-state index in [2.05, 4.69) is 5.32 Å². The summed E-state index contributed by atoms with van der Waals surface area (Å²) in [5, 5.41) is 11.6. The van der Waals surface area contributed by atoms with Gasteiger partial charge in [0.05, 0.1) is 25.2 Å². The number of hydrogen-bond acceptors (Lipinski definition) is 4. The second kappa shape index (κ2) is 8.53. The average Bonchev–Trinajstić information content (AvgIpc) is 2.42. The van der Waals surface area contributed by atoms with Gasteiger partial charge in [0.25, 0.3) is 0 Å². The molecule has 1 amide bonds. The van der Waals surface area contributed by atoms with Gasteiger partial charge in [-0.2, -0.15) is 0 Å². The summed E-state index contributed by atoms with van der Waals surface area (Å²) in [6.07, 6.45) is -1.37. The summed E-state index contributed by atoms with van der Waals surface area (Å²) in [4.78, 5) is 22.9. The molecule has 0 aliphatic rings. The van der Waals surface area contributed by atoms with E-state index in [0.29, 0.717) is 6.61 Å². The number of hydrogen-bond donors (Lipinski definition) is 2. The fraction of sp³-hybridized carbons (Fsp3) is 0.529. The van der Waals surface area contributed by atoms with Crippen LogP contribution < -0.4 is 5.32 Å². The van der Waals surface area contributed by atoms with E-state index in [1.807, 2.05) is 30.3 Å². The number of carbonyl (C=O) groups is 2. The molecule has 0 saturated heterocycles. The van der Waals surface area contributed by atoms with Gasteiger partial charge in [-0.15, -0.1) is 0 Å². The lowest BCUT2D eigenvalue weighted by molar-refractivity contribution is -0.138. The van der Waals surface area contributed by atoms with E-state index in [1.165, 1.54) is 0 Å². The van der Waals surface area contributed by atoms with E-state index in [-0.39, 0.29) is 6.42 Å². The van der Waals surface area contributed by atoms with Crippen molar-refractivity contribution >= 4 is 12.1 Å². The monoisotopic (exact) mass is 323 g/mol. The standard InChI is InChI=1S/C17H25NO5/c1-12(22-11-13-8-6-5-7-9-13)14(10-15(19)20)18-16(21)23-17(2,3)4/h5-9,12,14H,10-11H2,1-4H3,(H,18,21)(H,19,20)/t12-,14+/m0/s1. The maximum atomic E-state index is 11.8. The summed E-state index contributed by atoms with van der Waals surface area (Å²) in [6.45, 7) is 7.30. The lowest BCUT2D eigenvalue weighted by Gasteiger charge is -2.26. The van der Waals surface area contributed by atoms with Crippen LogP contribution in [0.1, 0.15) is 39.7 Å². The molecule has 0 saturated carbocycles. The highest BCUT2D eigenvalue weighted by molar-refractivity contribution is 5.71. The van der Waals surface area contributed by atoms with Crippen molar-refractivity contribution < 1.29 is 24.2 Å². The van der Waals surface area contributed by atoms with Gasteiger partial charge in [-0.1, -0.05) is 30.3 Å². The van der Waals surface area contributed by atoms with Crippen LogP contribution in [0.3, 0.4) is 0 Å². The number of ether oxygens (including phenoxy) is 2. The SMILES string of the molecule is C[C@H](OCc1ccccc1)[C@@H](CC(=O)O)NC(=O)OC(C)(C)C. The van der Waals surface area contributed by atoms with Crippen LogP contribution in [0.25, 0.3) is 0 Å². The molecule has 0 aliphatic carbocycles. The smallest absolute Gasteiger partial charge is 0.407 e. The van der Waals surface area contributed by atoms with Crippen molar-refractivity contribution in [1.82, 2.24) is 5.32 Å². The molecule has 2 N–H and O–H groups in total. The first-order chi connectivity index (χ1) is 10.7. The third kappa shape index (κ3) is 8.21. The van der Waals surface area contributed by atoms with Crippen molar-refractivity contribution in [3.8, 4) is 0 Å². The van der Waals surface area contributed by atoms with Gasteiger partial charge in [0, 0.05) is 0 Å². The second-order valence-electron chi connectivity index (χ2n) is 6.35. The molecule has 1 rings (SSSR count). The average molecular weight is 323 g/mol. The highest BCUT2D eigenvalue weighted by atomic mass is 16.6. The summed E-state index contributed by atoms with van der Waals surface area (Å²) in [5.74, 6) is -1.01. The fourth-order valence-electron chi connectivity index (χ4n) is 1.90. The van der Waals surface area contributed by atoms with Crippen LogP contribution in [-0.2, 0) is 20.9 Å². The number of nitrogens with one attached hydrogen (secondary N) is 1. The van der Waals surface area contributed by atoms with Crippen LogP contribution in [0, 0.1) is 0 Å². The van der Waals surface area contributed by atoms with Crippen molar-refractivity contribution in [2.75, 3.05) is 0 Å². The molecule has 6 nitrogen and oxygen atoms in total. The molecule has 1 aromatic rings. The predicted octanol–water partition coefficient (Wildman–Crippen LogP) is 2.96. The largest absolute Gasteiger partial charge is 0.481 e. The predicted molar refractivity (Wildman–Crippen MR) is 86.1 cm³/mol. The molecule has 23 heavy (non-hydrogen) atoms. The number of benzene rings is 1. The van der Waals surface area contributed by atoms with E-state index in [0.717, 1.165) is 5.56 Å². The molecule has 0 bridgehead atoms. The highest BCUT2D eigenvalue weighted by Crippen LogP contribution is 2.11. The molecule has 1 aromatic carbocycles. The Morgan fingerprint density at radius 1 is 1.22 bits per heavy atom. The van der Waals surface area contributed by atoms with Crippen LogP contribution in [-0.4, -0.2) is 34.9 Å². The topological polar surface area (TPSA) is 84.9 Å². The zero-order valence-corrected chi connectivity index (χ0v) is 14.0. The van der Waals surface area contributed by atoms with Crippen LogP contribution >= 0.6 is 0 Å². The van der Waals surface area contributed by atoms with Crippen LogP contribution in [0.2, 0.25) is 0 Å². The van der Waals surface area contributed by atoms with Crippen molar-refractivity contribution in [2.45, 2.75) is 58.5 Å². The third-order valence-electron chi connectivity index (χ3n) is 3.02. The normalized spacial score (nSPS) is 13.9. The molecular formula is C17H25NO5. The van der Waals surface area contributed by atoms with Gasteiger partial charge >= 0.3 is 12.1 Å². The summed E-state index contributed by atoms with van der Waals surface area (Å²) in [6, 6.07) is 8.87. The Morgan fingerprint density at radius 2 is 1.83 bits per heavy atom. The molecular weight excluding hydrogens is 298 g/mol. The fourth-order valence-corrected chi connectivity index (χ4v) is 1.90. The molecule has 0 radical (unpaired) electrons. The Bertz CT molecular complexity index is 509. The van der Waals surface area contributed by atoms with Crippen molar-refractivity contribution in [1.29, 1.82) is 0 Å². The number of alkyl carbamates (subject to hydrolysis) is 1. The molecule has 0 heterocycles. The summed E-state index contributed by atoms with van der Waals surface area (Å²) >= 11 is 0. The number of carboxylic acid groups (broad SMARTS) is 1. The van der Waals surface area contributed by atoms with Gasteiger partial charge < -0.3 is 19.9 Å². The Hall–Kier alpha value is -2.08. The number of aliphatic carboxylic acids is 1. The van der Waals surface area contributed by atoms with E-state index in [9.17, 15) is 9.59 Å². The van der Waals surface area contributed by atoms with Gasteiger partial charge in [-0.3, -0.25) is 4.79 Å². The maximum absolute atomic E-state index is 11.8. The number of carbonyl (C=O) groups excluding carboxylic acids is 1. The van der Waals surface area contributed by atoms with Gasteiger partial charge in [0.2, 0.25) is 0 Å². The minimum atomic E-state index is -1.01. The van der Waals surface area contributed by atoms with E-state index in [4.69, 9.17) is 14.6 Å². The molecule has 128 valence electrons. The van der Waals surface area contributed by atoms with Crippen molar-refractivity contribution in [2.24, 2.45) is 0 Å². The quantitative estimate of drug-likeness (QED) is 0.806. The van der Waals surface area contributed by atoms with Crippen LogP contribution in [0.4, 0.5) is 4.79 Å². The zero-order chi connectivity index (χ0) is 17.5. The van der Waals surface area contributed by atoms with Gasteiger partial charge in [-0.25, -0.2) is 4.79 Å². The molecule has 0 spiro atoms. The van der Waals surface area contributed by atoms with E-state index < -0.39 is 29.8 Å². The minimum Gasteiger partial charge on any atom is -0.481 e.